The maximum Gasteiger partial charge on any atom is 0.0700 e. The van der Waals surface area contributed by atoms with E-state index in [0.717, 1.165) is 32.6 Å². The molecule has 1 N–H and O–H groups in total. The van der Waals surface area contributed by atoms with Crippen LogP contribution in [0, 0.1) is 5.92 Å². The number of hydrogen-bond donors (Lipinski definition) is 1. The first kappa shape index (κ1) is 12.3. The highest BCUT2D eigenvalue weighted by atomic mass is 16.5. The van der Waals surface area contributed by atoms with Crippen LogP contribution in [0.25, 0.3) is 0 Å². The zero-order valence-corrected chi connectivity index (χ0v) is 10.6. The standard InChI is InChI=1S/C13H25NO2/c1-10(2)13-8-11(5-7-16-13)14-9-12-4-3-6-15-12/h10-14H,3-9H2,1-2H3. The summed E-state index contributed by atoms with van der Waals surface area (Å²) in [6.45, 7) is 7.37. The van der Waals surface area contributed by atoms with Gasteiger partial charge in [0.05, 0.1) is 12.2 Å². The minimum Gasteiger partial charge on any atom is -0.378 e. The van der Waals surface area contributed by atoms with Gasteiger partial charge in [-0.15, -0.1) is 0 Å². The van der Waals surface area contributed by atoms with Crippen molar-refractivity contribution in [2.75, 3.05) is 19.8 Å². The summed E-state index contributed by atoms with van der Waals surface area (Å²) in [5.41, 5.74) is 0. The van der Waals surface area contributed by atoms with Crippen LogP contribution >= 0.6 is 0 Å². The van der Waals surface area contributed by atoms with Crippen LogP contribution in [0.3, 0.4) is 0 Å². The van der Waals surface area contributed by atoms with E-state index in [1.165, 1.54) is 12.8 Å². The van der Waals surface area contributed by atoms with Crippen molar-refractivity contribution in [3.05, 3.63) is 0 Å². The van der Waals surface area contributed by atoms with Crippen molar-refractivity contribution in [1.29, 1.82) is 0 Å². The Morgan fingerprint density at radius 1 is 1.19 bits per heavy atom. The zero-order chi connectivity index (χ0) is 11.4. The number of nitrogens with one attached hydrogen (secondary N) is 1. The first-order chi connectivity index (χ1) is 7.75. The van der Waals surface area contributed by atoms with Crippen molar-refractivity contribution in [1.82, 2.24) is 5.32 Å². The van der Waals surface area contributed by atoms with E-state index in [0.29, 0.717) is 24.2 Å². The molecule has 2 heterocycles. The third-order valence-corrected chi connectivity index (χ3v) is 3.72. The molecular formula is C13H25NO2. The summed E-state index contributed by atoms with van der Waals surface area (Å²) in [4.78, 5) is 0. The maximum absolute atomic E-state index is 5.77. The lowest BCUT2D eigenvalue weighted by molar-refractivity contribution is -0.0261. The molecule has 0 aromatic rings. The van der Waals surface area contributed by atoms with Gasteiger partial charge in [0.15, 0.2) is 0 Å². The smallest absolute Gasteiger partial charge is 0.0700 e. The molecule has 3 heteroatoms. The number of rotatable bonds is 4. The Kier molecular flexibility index (Phi) is 4.62. The molecule has 0 saturated carbocycles. The van der Waals surface area contributed by atoms with E-state index in [1.54, 1.807) is 0 Å². The Hall–Kier alpha value is -0.120. The Morgan fingerprint density at radius 2 is 2.06 bits per heavy atom. The van der Waals surface area contributed by atoms with Gasteiger partial charge in [-0.1, -0.05) is 13.8 Å². The van der Waals surface area contributed by atoms with E-state index in [4.69, 9.17) is 9.47 Å². The minimum atomic E-state index is 0.441. The van der Waals surface area contributed by atoms with Crippen LogP contribution in [-0.4, -0.2) is 38.0 Å². The molecule has 0 bridgehead atoms. The van der Waals surface area contributed by atoms with Crippen molar-refractivity contribution >= 4 is 0 Å². The van der Waals surface area contributed by atoms with Crippen LogP contribution in [0.2, 0.25) is 0 Å². The highest BCUT2D eigenvalue weighted by Gasteiger charge is 2.25. The van der Waals surface area contributed by atoms with Gasteiger partial charge >= 0.3 is 0 Å². The molecule has 0 aromatic heterocycles. The maximum atomic E-state index is 5.77. The fourth-order valence-electron chi connectivity index (χ4n) is 2.58. The largest absolute Gasteiger partial charge is 0.378 e. The van der Waals surface area contributed by atoms with Crippen molar-refractivity contribution in [3.63, 3.8) is 0 Å². The van der Waals surface area contributed by atoms with E-state index >= 15 is 0 Å². The van der Waals surface area contributed by atoms with Gasteiger partial charge in [-0.3, -0.25) is 0 Å². The third-order valence-electron chi connectivity index (χ3n) is 3.72. The second-order valence-electron chi connectivity index (χ2n) is 5.42. The van der Waals surface area contributed by atoms with Gasteiger partial charge in [0.1, 0.15) is 0 Å². The molecule has 0 spiro atoms. The predicted octanol–water partition coefficient (Wildman–Crippen LogP) is 1.96. The Balaban J connectivity index is 1.68. The summed E-state index contributed by atoms with van der Waals surface area (Å²) in [7, 11) is 0. The van der Waals surface area contributed by atoms with Gasteiger partial charge in [0, 0.05) is 25.8 Å². The molecule has 0 amide bonds. The van der Waals surface area contributed by atoms with Gasteiger partial charge in [-0.25, -0.2) is 0 Å². The fourth-order valence-corrected chi connectivity index (χ4v) is 2.58. The highest BCUT2D eigenvalue weighted by molar-refractivity contribution is 4.80. The lowest BCUT2D eigenvalue weighted by Gasteiger charge is -2.33. The molecule has 2 fully saturated rings. The van der Waals surface area contributed by atoms with Crippen LogP contribution in [0.15, 0.2) is 0 Å². The normalized spacial score (nSPS) is 35.8. The minimum absolute atomic E-state index is 0.441. The molecule has 3 atom stereocenters. The molecule has 2 aliphatic heterocycles. The van der Waals surface area contributed by atoms with E-state index in [-0.39, 0.29) is 0 Å². The van der Waals surface area contributed by atoms with Gasteiger partial charge in [0.2, 0.25) is 0 Å². The lowest BCUT2D eigenvalue weighted by atomic mass is 9.95. The van der Waals surface area contributed by atoms with Gasteiger partial charge < -0.3 is 14.8 Å². The second-order valence-corrected chi connectivity index (χ2v) is 5.42. The van der Waals surface area contributed by atoms with E-state index < -0.39 is 0 Å². The van der Waals surface area contributed by atoms with Crippen LogP contribution in [0.4, 0.5) is 0 Å². The third kappa shape index (κ3) is 3.44. The highest BCUT2D eigenvalue weighted by Crippen LogP contribution is 2.20. The molecule has 0 radical (unpaired) electrons. The average Bonchev–Trinajstić information content (AvgIpc) is 2.79. The summed E-state index contributed by atoms with van der Waals surface area (Å²) in [6.07, 6.45) is 5.66. The molecule has 0 aliphatic carbocycles. The van der Waals surface area contributed by atoms with Crippen LogP contribution in [0.5, 0.6) is 0 Å². The molecular weight excluding hydrogens is 202 g/mol. The van der Waals surface area contributed by atoms with E-state index in [9.17, 15) is 0 Å². The van der Waals surface area contributed by atoms with E-state index in [2.05, 4.69) is 19.2 Å². The molecule has 2 aliphatic rings. The monoisotopic (exact) mass is 227 g/mol. The lowest BCUT2D eigenvalue weighted by Crippen LogP contribution is -2.43. The van der Waals surface area contributed by atoms with E-state index in [1.807, 2.05) is 0 Å². The zero-order valence-electron chi connectivity index (χ0n) is 10.6. The Morgan fingerprint density at radius 3 is 2.75 bits per heavy atom. The SMILES string of the molecule is CC(C)C1CC(NCC2CCCO2)CCO1. The van der Waals surface area contributed by atoms with Crippen LogP contribution < -0.4 is 5.32 Å². The molecule has 2 saturated heterocycles. The van der Waals surface area contributed by atoms with Gasteiger partial charge in [-0.05, 0) is 31.6 Å². The summed E-state index contributed by atoms with van der Waals surface area (Å²) in [6, 6.07) is 0.630. The summed E-state index contributed by atoms with van der Waals surface area (Å²) >= 11 is 0. The second kappa shape index (κ2) is 5.99. The molecule has 2 rings (SSSR count). The average molecular weight is 227 g/mol. The molecule has 16 heavy (non-hydrogen) atoms. The van der Waals surface area contributed by atoms with Crippen LogP contribution in [0.1, 0.15) is 39.5 Å². The first-order valence-corrected chi connectivity index (χ1v) is 6.72. The van der Waals surface area contributed by atoms with Gasteiger partial charge in [-0.2, -0.15) is 0 Å². The Bertz CT molecular complexity index is 202. The Labute approximate surface area is 98.9 Å². The van der Waals surface area contributed by atoms with Crippen LogP contribution in [-0.2, 0) is 9.47 Å². The van der Waals surface area contributed by atoms with Crippen molar-refractivity contribution in [2.24, 2.45) is 5.92 Å². The summed E-state index contributed by atoms with van der Waals surface area (Å²) in [5.74, 6) is 0.632. The predicted molar refractivity (Wildman–Crippen MR) is 64.6 cm³/mol. The topological polar surface area (TPSA) is 30.5 Å². The number of ether oxygens (including phenoxy) is 2. The molecule has 3 nitrogen and oxygen atoms in total. The van der Waals surface area contributed by atoms with Crippen molar-refractivity contribution < 1.29 is 9.47 Å². The summed E-state index contributed by atoms with van der Waals surface area (Å²) in [5, 5.41) is 3.64. The first-order valence-electron chi connectivity index (χ1n) is 6.72. The summed E-state index contributed by atoms with van der Waals surface area (Å²) < 4.78 is 11.4. The molecule has 0 aromatic carbocycles. The quantitative estimate of drug-likeness (QED) is 0.796. The van der Waals surface area contributed by atoms with Gasteiger partial charge in [0.25, 0.3) is 0 Å². The van der Waals surface area contributed by atoms with Crippen molar-refractivity contribution in [2.45, 2.75) is 57.8 Å². The fraction of sp³-hybridized carbons (Fsp3) is 1.00. The number of hydrogen-bond acceptors (Lipinski definition) is 3. The molecule has 3 unspecified atom stereocenters. The molecule has 94 valence electrons. The van der Waals surface area contributed by atoms with Crippen molar-refractivity contribution in [3.8, 4) is 0 Å².